The topological polar surface area (TPSA) is 64.8 Å². The van der Waals surface area contributed by atoms with Gasteiger partial charge in [0, 0.05) is 34.7 Å². The van der Waals surface area contributed by atoms with Crippen LogP contribution in [0.25, 0.3) is 0 Å². The zero-order valence-electron chi connectivity index (χ0n) is 9.64. The molecule has 0 unspecified atom stereocenters. The first kappa shape index (κ1) is 14.2. The fourth-order valence-corrected chi connectivity index (χ4v) is 2.77. The standard InChI is InChI=1S/C10H8Cl2FN3O2S/c1-16-9(14-15-10(16)19(12,17)18)5-6-7(11)3-2-4-8(6)13/h2-4H,5H2,1H3. The van der Waals surface area contributed by atoms with Gasteiger partial charge in [-0.2, -0.15) is 0 Å². The monoisotopic (exact) mass is 323 g/mol. The Kier molecular flexibility index (Phi) is 3.80. The molecule has 19 heavy (non-hydrogen) atoms. The van der Waals surface area contributed by atoms with Crippen LogP contribution in [0.1, 0.15) is 11.4 Å². The Morgan fingerprint density at radius 3 is 2.58 bits per heavy atom. The highest BCUT2D eigenvalue weighted by Crippen LogP contribution is 2.22. The van der Waals surface area contributed by atoms with E-state index in [1.165, 1.54) is 29.8 Å². The van der Waals surface area contributed by atoms with E-state index in [-0.39, 0.29) is 22.8 Å². The van der Waals surface area contributed by atoms with Gasteiger partial charge in [-0.15, -0.1) is 10.2 Å². The van der Waals surface area contributed by atoms with Gasteiger partial charge in [-0.1, -0.05) is 17.7 Å². The number of rotatable bonds is 3. The minimum Gasteiger partial charge on any atom is -0.304 e. The Hall–Kier alpha value is -1.18. The summed E-state index contributed by atoms with van der Waals surface area (Å²) in [5.41, 5.74) is 0.221. The molecule has 1 aromatic heterocycles. The van der Waals surface area contributed by atoms with Crippen molar-refractivity contribution < 1.29 is 12.8 Å². The zero-order chi connectivity index (χ0) is 14.2. The molecule has 0 aliphatic heterocycles. The molecule has 5 nitrogen and oxygen atoms in total. The smallest absolute Gasteiger partial charge is 0.296 e. The van der Waals surface area contributed by atoms with Gasteiger partial charge in [-0.25, -0.2) is 12.8 Å². The number of halogens is 3. The summed E-state index contributed by atoms with van der Waals surface area (Å²) in [7, 11) is 2.63. The molecule has 0 atom stereocenters. The molecule has 1 aromatic carbocycles. The summed E-state index contributed by atoms with van der Waals surface area (Å²) in [4.78, 5) is 0. The normalized spacial score (nSPS) is 11.8. The summed E-state index contributed by atoms with van der Waals surface area (Å²) in [5, 5.41) is 7.00. The molecule has 0 bridgehead atoms. The number of aromatic nitrogens is 3. The lowest BCUT2D eigenvalue weighted by atomic mass is 10.1. The Balaban J connectivity index is 2.43. The molecule has 2 rings (SSSR count). The van der Waals surface area contributed by atoms with Gasteiger partial charge in [0.2, 0.25) is 0 Å². The van der Waals surface area contributed by atoms with Gasteiger partial charge in [0.15, 0.2) is 0 Å². The maximum absolute atomic E-state index is 13.6. The van der Waals surface area contributed by atoms with E-state index in [2.05, 4.69) is 10.2 Å². The van der Waals surface area contributed by atoms with Crippen molar-refractivity contribution in [2.45, 2.75) is 11.6 Å². The molecule has 0 aliphatic rings. The molecule has 0 amide bonds. The fraction of sp³-hybridized carbons (Fsp3) is 0.200. The van der Waals surface area contributed by atoms with Crippen LogP contribution in [-0.4, -0.2) is 23.2 Å². The van der Waals surface area contributed by atoms with Crippen molar-refractivity contribution in [3.8, 4) is 0 Å². The molecule has 2 aromatic rings. The zero-order valence-corrected chi connectivity index (χ0v) is 12.0. The summed E-state index contributed by atoms with van der Waals surface area (Å²) in [6, 6.07) is 4.28. The van der Waals surface area contributed by atoms with Crippen molar-refractivity contribution in [2.24, 2.45) is 7.05 Å². The van der Waals surface area contributed by atoms with E-state index in [4.69, 9.17) is 22.3 Å². The summed E-state index contributed by atoms with van der Waals surface area (Å²) in [5.74, 6) is -0.253. The molecule has 1 heterocycles. The second-order valence-corrected chi connectivity index (χ2v) is 6.64. The predicted octanol–water partition coefficient (Wildman–Crippen LogP) is 2.13. The van der Waals surface area contributed by atoms with Crippen molar-refractivity contribution >= 4 is 31.3 Å². The third-order valence-corrected chi connectivity index (χ3v) is 4.10. The summed E-state index contributed by atoms with van der Waals surface area (Å²) >= 11 is 5.89. The van der Waals surface area contributed by atoms with Gasteiger partial charge >= 0.3 is 0 Å². The first-order chi connectivity index (χ1) is 8.80. The van der Waals surface area contributed by atoms with Crippen LogP contribution in [0, 0.1) is 5.82 Å². The molecular weight excluding hydrogens is 316 g/mol. The largest absolute Gasteiger partial charge is 0.304 e. The van der Waals surface area contributed by atoms with Gasteiger partial charge in [-0.3, -0.25) is 0 Å². The molecule has 0 aliphatic carbocycles. The summed E-state index contributed by atoms with van der Waals surface area (Å²) in [6.45, 7) is 0. The van der Waals surface area contributed by atoms with Crippen molar-refractivity contribution in [3.05, 3.63) is 40.4 Å². The predicted molar refractivity (Wildman–Crippen MR) is 68.3 cm³/mol. The number of nitrogens with zero attached hydrogens (tertiary/aromatic N) is 3. The van der Waals surface area contributed by atoms with Crippen LogP contribution in [0.15, 0.2) is 23.4 Å². The Morgan fingerprint density at radius 1 is 1.37 bits per heavy atom. The number of hydrogen-bond acceptors (Lipinski definition) is 4. The molecule has 0 fully saturated rings. The molecular formula is C10H8Cl2FN3O2S. The molecule has 0 N–H and O–H groups in total. The van der Waals surface area contributed by atoms with E-state index in [0.29, 0.717) is 0 Å². The van der Waals surface area contributed by atoms with Crippen LogP contribution in [0.5, 0.6) is 0 Å². The van der Waals surface area contributed by atoms with Crippen molar-refractivity contribution in [1.29, 1.82) is 0 Å². The molecule has 102 valence electrons. The highest BCUT2D eigenvalue weighted by atomic mass is 35.7. The molecule has 0 saturated heterocycles. The van der Waals surface area contributed by atoms with Crippen LogP contribution in [-0.2, 0) is 22.5 Å². The molecule has 9 heteroatoms. The van der Waals surface area contributed by atoms with Crippen molar-refractivity contribution in [1.82, 2.24) is 14.8 Å². The highest BCUT2D eigenvalue weighted by molar-refractivity contribution is 8.13. The van der Waals surface area contributed by atoms with Crippen LogP contribution < -0.4 is 0 Å². The van der Waals surface area contributed by atoms with Crippen LogP contribution in [0.3, 0.4) is 0 Å². The second-order valence-electron chi connectivity index (χ2n) is 3.77. The third kappa shape index (κ3) is 2.88. The lowest BCUT2D eigenvalue weighted by molar-refractivity contribution is 0.589. The Labute approximate surface area is 118 Å². The van der Waals surface area contributed by atoms with Gasteiger partial charge in [0.25, 0.3) is 14.2 Å². The van der Waals surface area contributed by atoms with E-state index in [9.17, 15) is 12.8 Å². The maximum atomic E-state index is 13.6. The average Bonchev–Trinajstić information content (AvgIpc) is 2.65. The second kappa shape index (κ2) is 5.07. The lowest BCUT2D eigenvalue weighted by Crippen LogP contribution is -2.06. The maximum Gasteiger partial charge on any atom is 0.296 e. The third-order valence-electron chi connectivity index (χ3n) is 2.54. The molecule has 0 spiro atoms. The van der Waals surface area contributed by atoms with E-state index in [0.717, 1.165) is 0 Å². The number of hydrogen-bond donors (Lipinski definition) is 0. The van der Waals surface area contributed by atoms with E-state index >= 15 is 0 Å². The molecule has 0 radical (unpaired) electrons. The van der Waals surface area contributed by atoms with E-state index < -0.39 is 20.0 Å². The van der Waals surface area contributed by atoms with Crippen LogP contribution in [0.4, 0.5) is 4.39 Å². The average molecular weight is 324 g/mol. The molecule has 0 saturated carbocycles. The first-order valence-electron chi connectivity index (χ1n) is 5.06. The number of benzene rings is 1. The quantitative estimate of drug-likeness (QED) is 0.811. The Morgan fingerprint density at radius 2 is 2.05 bits per heavy atom. The van der Waals surface area contributed by atoms with Gasteiger partial charge in [-0.05, 0) is 12.1 Å². The van der Waals surface area contributed by atoms with Crippen LogP contribution >= 0.6 is 22.3 Å². The van der Waals surface area contributed by atoms with Crippen LogP contribution in [0.2, 0.25) is 5.02 Å². The lowest BCUT2D eigenvalue weighted by Gasteiger charge is -2.05. The fourth-order valence-electron chi connectivity index (χ4n) is 1.57. The highest BCUT2D eigenvalue weighted by Gasteiger charge is 2.21. The van der Waals surface area contributed by atoms with Crippen molar-refractivity contribution in [2.75, 3.05) is 0 Å². The van der Waals surface area contributed by atoms with E-state index in [1.807, 2.05) is 0 Å². The van der Waals surface area contributed by atoms with Crippen molar-refractivity contribution in [3.63, 3.8) is 0 Å². The van der Waals surface area contributed by atoms with Gasteiger partial charge in [0.1, 0.15) is 11.6 Å². The van der Waals surface area contributed by atoms with Gasteiger partial charge < -0.3 is 4.57 Å². The first-order valence-corrected chi connectivity index (χ1v) is 7.75. The van der Waals surface area contributed by atoms with Gasteiger partial charge in [0.05, 0.1) is 0 Å². The van der Waals surface area contributed by atoms with E-state index in [1.54, 1.807) is 0 Å². The Bertz CT molecular complexity index is 710. The minimum absolute atomic E-state index is 0.0153. The minimum atomic E-state index is -3.99. The summed E-state index contributed by atoms with van der Waals surface area (Å²) in [6.07, 6.45) is 0.0153. The SMILES string of the molecule is Cn1c(Cc2c(F)cccc2Cl)nnc1S(=O)(=O)Cl. The summed E-state index contributed by atoms with van der Waals surface area (Å²) < 4.78 is 37.2.